The van der Waals surface area contributed by atoms with Crippen LogP contribution in [0.1, 0.15) is 45.2 Å². The monoisotopic (exact) mass is 444 g/mol. The van der Waals surface area contributed by atoms with Crippen LogP contribution < -0.4 is 9.64 Å². The van der Waals surface area contributed by atoms with E-state index >= 15 is 0 Å². The average Bonchev–Trinajstić information content (AvgIpc) is 2.85. The van der Waals surface area contributed by atoms with Crippen molar-refractivity contribution < 1.29 is 4.74 Å². The minimum absolute atomic E-state index is 0.356. The van der Waals surface area contributed by atoms with Gasteiger partial charge in [-0.05, 0) is 73.9 Å². The first-order chi connectivity index (χ1) is 16.1. The van der Waals surface area contributed by atoms with Gasteiger partial charge in [0.25, 0.3) is 0 Å². The predicted octanol–water partition coefficient (Wildman–Crippen LogP) is 5.55. The predicted molar refractivity (Wildman–Crippen MR) is 135 cm³/mol. The summed E-state index contributed by atoms with van der Waals surface area (Å²) >= 11 is 0. The van der Waals surface area contributed by atoms with E-state index in [-0.39, 0.29) is 0 Å². The van der Waals surface area contributed by atoms with Gasteiger partial charge >= 0.3 is 0 Å². The van der Waals surface area contributed by atoms with Crippen LogP contribution in [0.3, 0.4) is 0 Å². The van der Waals surface area contributed by atoms with E-state index in [1.165, 1.54) is 25.7 Å². The molecule has 3 aromatic rings. The number of hydrogen-bond acceptors (Lipinski definition) is 5. The molecule has 2 aliphatic rings. The maximum absolute atomic E-state index is 6.34. The Morgan fingerprint density at radius 1 is 0.939 bits per heavy atom. The normalized spacial score (nSPS) is 22.1. The first-order valence-corrected chi connectivity index (χ1v) is 12.6. The van der Waals surface area contributed by atoms with Crippen LogP contribution in [0.2, 0.25) is 0 Å². The van der Waals surface area contributed by atoms with Gasteiger partial charge < -0.3 is 9.64 Å². The summed E-state index contributed by atoms with van der Waals surface area (Å²) in [5.41, 5.74) is 2.19. The highest BCUT2D eigenvalue weighted by Crippen LogP contribution is 2.32. The maximum atomic E-state index is 6.34. The van der Waals surface area contributed by atoms with E-state index in [1.807, 2.05) is 12.3 Å². The quantitative estimate of drug-likeness (QED) is 0.499. The molecule has 0 atom stereocenters. The molecule has 0 N–H and O–H groups in total. The van der Waals surface area contributed by atoms with Gasteiger partial charge in [0, 0.05) is 44.3 Å². The van der Waals surface area contributed by atoms with Gasteiger partial charge in [-0.15, -0.1) is 0 Å². The number of nitrogens with zero attached hydrogens (tertiary/aromatic N) is 4. The zero-order valence-electron chi connectivity index (χ0n) is 20.0. The minimum Gasteiger partial charge on any atom is -0.490 e. The lowest BCUT2D eigenvalue weighted by Gasteiger charge is -2.35. The molecule has 0 bridgehead atoms. The molecule has 1 saturated carbocycles. The fourth-order valence-electron chi connectivity index (χ4n) is 5.28. The van der Waals surface area contributed by atoms with Crippen LogP contribution in [0.5, 0.6) is 5.75 Å². The number of piperazine rings is 1. The lowest BCUT2D eigenvalue weighted by atomic mass is 9.80. The third-order valence-electron chi connectivity index (χ3n) is 7.41. The molecule has 0 amide bonds. The first kappa shape index (κ1) is 22.1. The van der Waals surface area contributed by atoms with Gasteiger partial charge in [0.15, 0.2) is 0 Å². The number of aromatic nitrogens is 2. The molecular weight excluding hydrogens is 408 g/mol. The maximum Gasteiger partial charge on any atom is 0.128 e. The molecule has 0 unspecified atom stereocenters. The van der Waals surface area contributed by atoms with Crippen molar-refractivity contribution in [1.82, 2.24) is 14.9 Å². The summed E-state index contributed by atoms with van der Waals surface area (Å²) in [6.07, 6.45) is 7.15. The van der Waals surface area contributed by atoms with E-state index < -0.39 is 0 Å². The van der Waals surface area contributed by atoms with E-state index in [0.717, 1.165) is 72.7 Å². The van der Waals surface area contributed by atoms with E-state index in [2.05, 4.69) is 71.1 Å². The van der Waals surface area contributed by atoms with Gasteiger partial charge in [-0.2, -0.15) is 0 Å². The summed E-state index contributed by atoms with van der Waals surface area (Å²) < 4.78 is 6.34. The number of hydrogen-bond donors (Lipinski definition) is 0. The second kappa shape index (κ2) is 10.1. The van der Waals surface area contributed by atoms with Crippen LogP contribution in [0.25, 0.3) is 10.9 Å². The number of ether oxygens (including phenoxy) is 1. The smallest absolute Gasteiger partial charge is 0.128 e. The largest absolute Gasteiger partial charge is 0.490 e. The highest BCUT2D eigenvalue weighted by molar-refractivity contribution is 5.80. The van der Waals surface area contributed by atoms with Gasteiger partial charge in [-0.1, -0.05) is 26.0 Å². The van der Waals surface area contributed by atoms with Crippen LogP contribution in [0, 0.1) is 11.8 Å². The lowest BCUT2D eigenvalue weighted by Crippen LogP contribution is -2.46. The average molecular weight is 445 g/mol. The number of rotatable bonds is 6. The van der Waals surface area contributed by atoms with Crippen molar-refractivity contribution in [1.29, 1.82) is 0 Å². The summed E-state index contributed by atoms with van der Waals surface area (Å²) in [4.78, 5) is 14.3. The molecule has 5 rings (SSSR count). The van der Waals surface area contributed by atoms with Crippen molar-refractivity contribution in [3.8, 4) is 5.75 Å². The number of pyridine rings is 2. The highest BCUT2D eigenvalue weighted by Gasteiger charge is 2.24. The third-order valence-corrected chi connectivity index (χ3v) is 7.41. The molecule has 1 aromatic carbocycles. The van der Waals surface area contributed by atoms with Crippen LogP contribution in [0.15, 0.2) is 54.7 Å². The summed E-state index contributed by atoms with van der Waals surface area (Å²) in [5, 5.41) is 1.16. The highest BCUT2D eigenvalue weighted by atomic mass is 16.5. The number of anilines is 1. The molecule has 2 fully saturated rings. The Morgan fingerprint density at radius 3 is 2.48 bits per heavy atom. The Balaban J connectivity index is 1.16. The van der Waals surface area contributed by atoms with Gasteiger partial charge in [0.1, 0.15) is 11.6 Å². The summed E-state index contributed by atoms with van der Waals surface area (Å²) in [6.45, 7) is 9.65. The van der Waals surface area contributed by atoms with Crippen LogP contribution in [-0.4, -0.2) is 47.2 Å². The summed E-state index contributed by atoms with van der Waals surface area (Å²) in [7, 11) is 0. The summed E-state index contributed by atoms with van der Waals surface area (Å²) in [6, 6.07) is 16.9. The molecule has 3 heterocycles. The number of benzene rings is 1. The Hall–Kier alpha value is -2.66. The van der Waals surface area contributed by atoms with Crippen molar-refractivity contribution in [2.45, 2.75) is 52.2 Å². The van der Waals surface area contributed by atoms with Crippen LogP contribution in [-0.2, 0) is 6.54 Å². The van der Waals surface area contributed by atoms with E-state index in [1.54, 1.807) is 0 Å². The second-order valence-corrected chi connectivity index (χ2v) is 10.0. The van der Waals surface area contributed by atoms with E-state index in [9.17, 15) is 0 Å². The fourth-order valence-corrected chi connectivity index (χ4v) is 5.28. The Morgan fingerprint density at radius 2 is 1.76 bits per heavy atom. The van der Waals surface area contributed by atoms with Crippen molar-refractivity contribution in [2.75, 3.05) is 31.1 Å². The zero-order valence-corrected chi connectivity index (χ0v) is 20.0. The molecule has 174 valence electrons. The van der Waals surface area contributed by atoms with Gasteiger partial charge in [-0.25, -0.2) is 4.98 Å². The van der Waals surface area contributed by atoms with Gasteiger partial charge in [0.05, 0.1) is 17.3 Å². The first-order valence-electron chi connectivity index (χ1n) is 12.6. The summed E-state index contributed by atoms with van der Waals surface area (Å²) in [5.74, 6) is 3.71. The Bertz CT molecular complexity index is 1040. The molecule has 33 heavy (non-hydrogen) atoms. The van der Waals surface area contributed by atoms with Crippen molar-refractivity contribution in [3.63, 3.8) is 0 Å². The van der Waals surface area contributed by atoms with Crippen molar-refractivity contribution >= 4 is 16.7 Å². The second-order valence-electron chi connectivity index (χ2n) is 10.0. The molecule has 2 aromatic heterocycles. The lowest BCUT2D eigenvalue weighted by molar-refractivity contribution is 0.117. The van der Waals surface area contributed by atoms with Crippen LogP contribution in [0.4, 0.5) is 5.82 Å². The van der Waals surface area contributed by atoms with Gasteiger partial charge in [-0.3, -0.25) is 9.88 Å². The molecular formula is C28H36N4O. The fraction of sp³-hybridized carbons (Fsp3) is 0.500. The van der Waals surface area contributed by atoms with Crippen molar-refractivity contribution in [3.05, 3.63) is 60.4 Å². The molecule has 1 aliphatic heterocycles. The van der Waals surface area contributed by atoms with Gasteiger partial charge in [0.2, 0.25) is 0 Å². The molecule has 0 radical (unpaired) electrons. The number of fused-ring (bicyclic) bond motifs is 1. The third kappa shape index (κ3) is 5.47. The molecule has 1 saturated heterocycles. The van der Waals surface area contributed by atoms with Crippen molar-refractivity contribution in [2.24, 2.45) is 11.8 Å². The Labute approximate surface area is 197 Å². The molecule has 5 heteroatoms. The molecule has 5 nitrogen and oxygen atoms in total. The standard InChI is InChI=1S/C28H36N4O/c1-21(2)22-7-10-25(11-8-22)33-26-12-13-27-23(19-26)6-9-24(30-27)20-31-15-17-32(18-16-31)28-5-3-4-14-29-28/h3-6,9,12-14,19,21-22,25H,7-8,10-11,15-18,20H2,1-2H3/t22-,25+. The van der Waals surface area contributed by atoms with Crippen LogP contribution >= 0.6 is 0 Å². The van der Waals surface area contributed by atoms with E-state index in [0.29, 0.717) is 6.10 Å². The Kier molecular flexibility index (Phi) is 6.77. The van der Waals surface area contributed by atoms with E-state index in [4.69, 9.17) is 9.72 Å². The molecule has 1 aliphatic carbocycles. The topological polar surface area (TPSA) is 41.5 Å². The SMILES string of the molecule is CC(C)[C@H]1CC[C@@H](Oc2ccc3nc(CN4CCN(c5ccccn5)CC4)ccc3c2)CC1. The zero-order chi connectivity index (χ0) is 22.6. The molecule has 0 spiro atoms. The minimum atomic E-state index is 0.356.